The van der Waals surface area contributed by atoms with E-state index in [0.29, 0.717) is 5.92 Å². The number of aliphatic hydroxyl groups excluding tert-OH is 1. The number of benzene rings is 1. The molecule has 1 aromatic rings. The third kappa shape index (κ3) is 2.47. The van der Waals surface area contributed by atoms with Gasteiger partial charge in [0.05, 0.1) is 6.10 Å². The molecule has 0 aromatic heterocycles. The monoisotopic (exact) mass is 244 g/mol. The van der Waals surface area contributed by atoms with Crippen molar-refractivity contribution >= 4 is 0 Å². The van der Waals surface area contributed by atoms with Gasteiger partial charge in [0.15, 0.2) is 0 Å². The highest BCUT2D eigenvalue weighted by Crippen LogP contribution is 2.35. The molecule has 1 unspecified atom stereocenters. The van der Waals surface area contributed by atoms with E-state index >= 15 is 0 Å². The van der Waals surface area contributed by atoms with E-state index in [4.69, 9.17) is 0 Å². The van der Waals surface area contributed by atoms with E-state index in [9.17, 15) is 5.11 Å². The van der Waals surface area contributed by atoms with E-state index in [-0.39, 0.29) is 6.10 Å². The summed E-state index contributed by atoms with van der Waals surface area (Å²) in [5.41, 5.74) is 4.16. The van der Waals surface area contributed by atoms with Crippen molar-refractivity contribution in [2.24, 2.45) is 5.92 Å². The second-order valence-corrected chi connectivity index (χ2v) is 6.08. The lowest BCUT2D eigenvalue weighted by Crippen LogP contribution is -2.12. The van der Waals surface area contributed by atoms with Crippen LogP contribution in [0.15, 0.2) is 18.2 Å². The minimum absolute atomic E-state index is 0.228. The van der Waals surface area contributed by atoms with Gasteiger partial charge in [-0.2, -0.15) is 0 Å². The highest BCUT2D eigenvalue weighted by atomic mass is 16.3. The third-order valence-electron chi connectivity index (χ3n) is 4.81. The molecule has 0 amide bonds. The molecule has 1 aromatic carbocycles. The molecule has 2 aliphatic rings. The molecule has 2 aliphatic carbocycles. The highest BCUT2D eigenvalue weighted by molar-refractivity contribution is 5.36. The fourth-order valence-electron chi connectivity index (χ4n) is 3.67. The van der Waals surface area contributed by atoms with Gasteiger partial charge in [0.25, 0.3) is 0 Å². The van der Waals surface area contributed by atoms with Crippen LogP contribution in [0.25, 0.3) is 0 Å². The molecule has 1 saturated carbocycles. The van der Waals surface area contributed by atoms with Gasteiger partial charge in [-0.15, -0.1) is 0 Å². The smallest absolute Gasteiger partial charge is 0.0818 e. The molecule has 0 heterocycles. The summed E-state index contributed by atoms with van der Waals surface area (Å²) in [7, 11) is 0. The van der Waals surface area contributed by atoms with Crippen LogP contribution in [0.3, 0.4) is 0 Å². The molecule has 98 valence electrons. The van der Waals surface area contributed by atoms with Gasteiger partial charge in [-0.05, 0) is 54.7 Å². The van der Waals surface area contributed by atoms with Gasteiger partial charge in [0.1, 0.15) is 0 Å². The van der Waals surface area contributed by atoms with Gasteiger partial charge in [-0.25, -0.2) is 0 Å². The zero-order valence-electron chi connectivity index (χ0n) is 11.2. The molecule has 1 N–H and O–H groups in total. The van der Waals surface area contributed by atoms with Crippen LogP contribution < -0.4 is 0 Å². The van der Waals surface area contributed by atoms with Crippen LogP contribution in [0, 0.1) is 5.92 Å². The maximum Gasteiger partial charge on any atom is 0.0818 e. The molecule has 18 heavy (non-hydrogen) atoms. The summed E-state index contributed by atoms with van der Waals surface area (Å²) in [6.07, 6.45) is 11.2. The van der Waals surface area contributed by atoms with Crippen molar-refractivity contribution in [3.05, 3.63) is 34.9 Å². The molecule has 0 aliphatic heterocycles. The number of hydrogen-bond acceptors (Lipinski definition) is 1. The lowest BCUT2D eigenvalue weighted by Gasteiger charge is -2.22. The van der Waals surface area contributed by atoms with Crippen molar-refractivity contribution in [3.63, 3.8) is 0 Å². The average molecular weight is 244 g/mol. The average Bonchev–Trinajstić information content (AvgIpc) is 2.69. The summed E-state index contributed by atoms with van der Waals surface area (Å²) in [5.74, 6) is 0.493. The van der Waals surface area contributed by atoms with Crippen LogP contribution in [-0.4, -0.2) is 5.11 Å². The van der Waals surface area contributed by atoms with E-state index < -0.39 is 0 Å². The summed E-state index contributed by atoms with van der Waals surface area (Å²) in [5, 5.41) is 10.6. The molecule has 0 saturated heterocycles. The zero-order chi connectivity index (χ0) is 12.4. The van der Waals surface area contributed by atoms with Crippen LogP contribution in [0.4, 0.5) is 0 Å². The molecule has 0 radical (unpaired) electrons. The predicted octanol–water partition coefficient (Wildman–Crippen LogP) is 4.18. The fourth-order valence-corrected chi connectivity index (χ4v) is 3.67. The van der Waals surface area contributed by atoms with Crippen LogP contribution in [0.1, 0.15) is 67.7 Å². The normalized spacial score (nSPS) is 22.5. The minimum Gasteiger partial charge on any atom is -0.388 e. The van der Waals surface area contributed by atoms with Crippen LogP contribution in [0.2, 0.25) is 0 Å². The van der Waals surface area contributed by atoms with Crippen LogP contribution in [0.5, 0.6) is 0 Å². The lowest BCUT2D eigenvalue weighted by molar-refractivity contribution is 0.0987. The maximum absolute atomic E-state index is 10.6. The summed E-state index contributed by atoms with van der Waals surface area (Å²) in [6.45, 7) is 0. The Morgan fingerprint density at radius 1 is 0.889 bits per heavy atom. The summed E-state index contributed by atoms with van der Waals surface area (Å²) < 4.78 is 0. The first-order valence-corrected chi connectivity index (χ1v) is 7.64. The molecule has 1 fully saturated rings. The minimum atomic E-state index is -0.228. The summed E-state index contributed by atoms with van der Waals surface area (Å²) >= 11 is 0. The topological polar surface area (TPSA) is 20.2 Å². The zero-order valence-corrected chi connectivity index (χ0v) is 11.2. The third-order valence-corrected chi connectivity index (χ3v) is 4.81. The maximum atomic E-state index is 10.6. The fraction of sp³-hybridized carbons (Fsp3) is 0.647. The molecule has 1 heteroatoms. The number of aryl methyl sites for hydroxylation is 2. The van der Waals surface area contributed by atoms with E-state index in [1.165, 1.54) is 74.5 Å². The summed E-state index contributed by atoms with van der Waals surface area (Å²) in [4.78, 5) is 0. The first-order valence-electron chi connectivity index (χ1n) is 7.64. The van der Waals surface area contributed by atoms with Crippen LogP contribution in [-0.2, 0) is 12.8 Å². The number of hydrogen-bond donors (Lipinski definition) is 1. The van der Waals surface area contributed by atoms with E-state index in [0.717, 1.165) is 0 Å². The first-order chi connectivity index (χ1) is 8.84. The van der Waals surface area contributed by atoms with Crippen molar-refractivity contribution in [1.82, 2.24) is 0 Å². The Kier molecular flexibility index (Phi) is 3.69. The van der Waals surface area contributed by atoms with Crippen molar-refractivity contribution in [1.29, 1.82) is 0 Å². The van der Waals surface area contributed by atoms with Crippen LogP contribution >= 0.6 is 0 Å². The first kappa shape index (κ1) is 12.2. The van der Waals surface area contributed by atoms with Gasteiger partial charge in [-0.1, -0.05) is 43.9 Å². The molecule has 0 spiro atoms. The lowest BCUT2D eigenvalue weighted by atomic mass is 9.88. The van der Waals surface area contributed by atoms with Gasteiger partial charge in [-0.3, -0.25) is 0 Å². The van der Waals surface area contributed by atoms with Crippen molar-refractivity contribution < 1.29 is 5.11 Å². The number of aliphatic hydroxyl groups is 1. The Balaban J connectivity index is 1.76. The Hall–Kier alpha value is -0.820. The SMILES string of the molecule is OC(c1ccc2c(c1)CCC2)C1CCCCCC1. The quantitative estimate of drug-likeness (QED) is 0.774. The van der Waals surface area contributed by atoms with Crippen molar-refractivity contribution in [3.8, 4) is 0 Å². The largest absolute Gasteiger partial charge is 0.388 e. The van der Waals surface area contributed by atoms with Crippen molar-refractivity contribution in [2.45, 2.75) is 63.9 Å². The van der Waals surface area contributed by atoms with Gasteiger partial charge < -0.3 is 5.11 Å². The molecular formula is C17H24O. The number of rotatable bonds is 2. The second kappa shape index (κ2) is 5.44. The Bertz CT molecular complexity index is 402. The van der Waals surface area contributed by atoms with E-state index in [2.05, 4.69) is 18.2 Å². The van der Waals surface area contributed by atoms with E-state index in [1.807, 2.05) is 0 Å². The Morgan fingerprint density at radius 2 is 1.61 bits per heavy atom. The van der Waals surface area contributed by atoms with Gasteiger partial charge in [0.2, 0.25) is 0 Å². The predicted molar refractivity (Wildman–Crippen MR) is 74.6 cm³/mol. The van der Waals surface area contributed by atoms with Crippen molar-refractivity contribution in [2.75, 3.05) is 0 Å². The molecule has 3 rings (SSSR count). The summed E-state index contributed by atoms with van der Waals surface area (Å²) in [6, 6.07) is 6.69. The van der Waals surface area contributed by atoms with Gasteiger partial charge in [0, 0.05) is 0 Å². The molecule has 0 bridgehead atoms. The highest BCUT2D eigenvalue weighted by Gasteiger charge is 2.23. The standard InChI is InChI=1S/C17H24O/c18-17(14-6-3-1-2-4-7-14)16-11-10-13-8-5-9-15(13)12-16/h10-12,14,17-18H,1-9H2. The van der Waals surface area contributed by atoms with Gasteiger partial charge >= 0.3 is 0 Å². The van der Waals surface area contributed by atoms with E-state index in [1.54, 1.807) is 0 Å². The Labute approximate surface area is 110 Å². The Morgan fingerprint density at radius 3 is 2.39 bits per heavy atom. The number of fused-ring (bicyclic) bond motifs is 1. The second-order valence-electron chi connectivity index (χ2n) is 6.08. The molecule has 1 nitrogen and oxygen atoms in total. The molecule has 1 atom stereocenters. The molecular weight excluding hydrogens is 220 g/mol.